The van der Waals surface area contributed by atoms with Gasteiger partial charge in [-0.05, 0) is 33.1 Å². The summed E-state index contributed by atoms with van der Waals surface area (Å²) in [5.74, 6) is -0.699. The van der Waals surface area contributed by atoms with Gasteiger partial charge in [0.05, 0.1) is 6.61 Å². The molecule has 0 bridgehead atoms. The average molecular weight is 290 g/mol. The van der Waals surface area contributed by atoms with E-state index in [4.69, 9.17) is 14.4 Å². The van der Waals surface area contributed by atoms with Crippen molar-refractivity contribution in [1.29, 1.82) is 0 Å². The largest absolute Gasteiger partial charge is 0.466 e. The van der Waals surface area contributed by atoms with Gasteiger partial charge in [0.25, 0.3) is 0 Å². The molecule has 0 radical (unpaired) electrons. The van der Waals surface area contributed by atoms with Crippen molar-refractivity contribution < 1.29 is 28.8 Å². The first-order valence-corrected chi connectivity index (χ1v) is 7.23. The fraction of sp³-hybridized carbons (Fsp3) is 0.857. The Bertz CT molecular complexity index is 266. The minimum Gasteiger partial charge on any atom is -0.466 e. The van der Waals surface area contributed by atoms with E-state index in [0.29, 0.717) is 32.5 Å². The van der Waals surface area contributed by atoms with E-state index in [1.807, 2.05) is 0 Å². The lowest BCUT2D eigenvalue weighted by Gasteiger charge is -2.11. The summed E-state index contributed by atoms with van der Waals surface area (Å²) in [5, 5.41) is 0. The number of hydrogen-bond donors (Lipinski definition) is 0. The van der Waals surface area contributed by atoms with Crippen LogP contribution in [0.4, 0.5) is 0 Å². The summed E-state index contributed by atoms with van der Waals surface area (Å²) in [7, 11) is 0. The van der Waals surface area contributed by atoms with Gasteiger partial charge in [-0.15, -0.1) is 0 Å². The van der Waals surface area contributed by atoms with Crippen LogP contribution in [0.3, 0.4) is 0 Å². The molecule has 0 amide bonds. The van der Waals surface area contributed by atoms with Crippen LogP contribution in [0.5, 0.6) is 0 Å². The standard InChI is InChI=1S/C14H26O6/c1-4-6-11-18-12(3)19-20-14(16)10-8-7-9-13(15)17-5-2/h12H,4-11H2,1-3H3. The van der Waals surface area contributed by atoms with Crippen LogP contribution in [0.15, 0.2) is 0 Å². The molecule has 6 nitrogen and oxygen atoms in total. The van der Waals surface area contributed by atoms with Crippen LogP contribution >= 0.6 is 0 Å². The van der Waals surface area contributed by atoms with Gasteiger partial charge in [0.1, 0.15) is 0 Å². The molecule has 118 valence electrons. The smallest absolute Gasteiger partial charge is 0.342 e. The van der Waals surface area contributed by atoms with E-state index in [0.717, 1.165) is 12.8 Å². The maximum atomic E-state index is 11.3. The van der Waals surface area contributed by atoms with Crippen LogP contribution in [0, 0.1) is 0 Å². The second kappa shape index (κ2) is 12.9. The normalized spacial score (nSPS) is 11.9. The zero-order valence-corrected chi connectivity index (χ0v) is 12.7. The van der Waals surface area contributed by atoms with E-state index >= 15 is 0 Å². The number of carbonyl (C=O) groups is 2. The fourth-order valence-corrected chi connectivity index (χ4v) is 1.36. The van der Waals surface area contributed by atoms with Crippen molar-refractivity contribution in [2.75, 3.05) is 13.2 Å². The Hall–Kier alpha value is -1.14. The van der Waals surface area contributed by atoms with E-state index in [1.165, 1.54) is 0 Å². The lowest BCUT2D eigenvalue weighted by Crippen LogP contribution is -2.17. The fourth-order valence-electron chi connectivity index (χ4n) is 1.36. The molecule has 0 aliphatic rings. The maximum absolute atomic E-state index is 11.3. The van der Waals surface area contributed by atoms with Crippen molar-refractivity contribution >= 4 is 11.9 Å². The lowest BCUT2D eigenvalue weighted by atomic mass is 10.2. The Labute approximate surface area is 120 Å². The molecule has 0 aromatic heterocycles. The zero-order chi connectivity index (χ0) is 15.2. The summed E-state index contributed by atoms with van der Waals surface area (Å²) in [5.41, 5.74) is 0. The van der Waals surface area contributed by atoms with Crippen molar-refractivity contribution in [3.8, 4) is 0 Å². The number of esters is 1. The molecule has 0 aliphatic heterocycles. The third-order valence-corrected chi connectivity index (χ3v) is 2.44. The predicted octanol–water partition coefficient (Wildman–Crippen LogP) is 2.75. The molecule has 1 unspecified atom stereocenters. The Balaban J connectivity index is 3.47. The summed E-state index contributed by atoms with van der Waals surface area (Å²) in [6, 6.07) is 0. The van der Waals surface area contributed by atoms with Crippen molar-refractivity contribution in [1.82, 2.24) is 0 Å². The molecule has 1 atom stereocenters. The molecule has 0 fully saturated rings. The van der Waals surface area contributed by atoms with Gasteiger partial charge in [-0.1, -0.05) is 13.3 Å². The number of rotatable bonds is 12. The predicted molar refractivity (Wildman–Crippen MR) is 72.6 cm³/mol. The van der Waals surface area contributed by atoms with Crippen molar-refractivity contribution in [2.45, 2.75) is 65.6 Å². The zero-order valence-electron chi connectivity index (χ0n) is 12.7. The monoisotopic (exact) mass is 290 g/mol. The average Bonchev–Trinajstić information content (AvgIpc) is 2.42. The molecule has 0 aromatic rings. The van der Waals surface area contributed by atoms with Gasteiger partial charge in [0, 0.05) is 19.4 Å². The van der Waals surface area contributed by atoms with Gasteiger partial charge in [0.2, 0.25) is 0 Å². The molecular weight excluding hydrogens is 264 g/mol. The second-order valence-corrected chi connectivity index (χ2v) is 4.36. The van der Waals surface area contributed by atoms with Crippen LogP contribution in [-0.4, -0.2) is 31.4 Å². The molecule has 0 heterocycles. The van der Waals surface area contributed by atoms with Crippen LogP contribution in [0.2, 0.25) is 0 Å². The van der Waals surface area contributed by atoms with E-state index in [-0.39, 0.29) is 12.4 Å². The molecule has 0 N–H and O–H groups in total. The van der Waals surface area contributed by atoms with E-state index in [1.54, 1.807) is 13.8 Å². The Morgan fingerprint density at radius 1 is 1.00 bits per heavy atom. The van der Waals surface area contributed by atoms with Crippen molar-refractivity contribution in [3.63, 3.8) is 0 Å². The first kappa shape index (κ1) is 18.9. The molecule has 0 aromatic carbocycles. The lowest BCUT2D eigenvalue weighted by molar-refractivity contribution is -0.347. The molecule has 0 spiro atoms. The van der Waals surface area contributed by atoms with Gasteiger partial charge in [-0.3, -0.25) is 9.68 Å². The molecule has 20 heavy (non-hydrogen) atoms. The first-order chi connectivity index (χ1) is 9.60. The summed E-state index contributed by atoms with van der Waals surface area (Å²) < 4.78 is 10.0. The Kier molecular flexibility index (Phi) is 12.1. The SMILES string of the molecule is CCCCOC(C)OOC(=O)CCCCC(=O)OCC. The van der Waals surface area contributed by atoms with Gasteiger partial charge >= 0.3 is 11.9 Å². The highest BCUT2D eigenvalue weighted by molar-refractivity contribution is 5.70. The number of hydrogen-bond acceptors (Lipinski definition) is 6. The Morgan fingerprint density at radius 2 is 1.65 bits per heavy atom. The number of unbranched alkanes of at least 4 members (excludes halogenated alkanes) is 2. The van der Waals surface area contributed by atoms with Crippen LogP contribution in [0.25, 0.3) is 0 Å². The van der Waals surface area contributed by atoms with Gasteiger partial charge < -0.3 is 9.47 Å². The first-order valence-electron chi connectivity index (χ1n) is 7.23. The van der Waals surface area contributed by atoms with Crippen molar-refractivity contribution in [3.05, 3.63) is 0 Å². The maximum Gasteiger partial charge on any atom is 0.342 e. The highest BCUT2D eigenvalue weighted by Gasteiger charge is 2.09. The quantitative estimate of drug-likeness (QED) is 0.181. The van der Waals surface area contributed by atoms with Gasteiger partial charge in [0.15, 0.2) is 6.29 Å². The number of carbonyl (C=O) groups excluding carboxylic acids is 2. The second-order valence-electron chi connectivity index (χ2n) is 4.36. The van der Waals surface area contributed by atoms with Crippen molar-refractivity contribution in [2.24, 2.45) is 0 Å². The molecule has 0 aliphatic carbocycles. The van der Waals surface area contributed by atoms with E-state index < -0.39 is 12.3 Å². The molecule has 0 rings (SSSR count). The summed E-state index contributed by atoms with van der Waals surface area (Å²) >= 11 is 0. The van der Waals surface area contributed by atoms with Crippen LogP contribution < -0.4 is 0 Å². The minimum atomic E-state index is -0.565. The molecule has 0 saturated heterocycles. The molecule has 6 heteroatoms. The topological polar surface area (TPSA) is 71.1 Å². The summed E-state index contributed by atoms with van der Waals surface area (Å²) in [6.45, 7) is 6.45. The van der Waals surface area contributed by atoms with E-state index in [2.05, 4.69) is 11.8 Å². The van der Waals surface area contributed by atoms with Crippen LogP contribution in [-0.2, 0) is 28.8 Å². The third kappa shape index (κ3) is 11.9. The Morgan fingerprint density at radius 3 is 2.25 bits per heavy atom. The highest BCUT2D eigenvalue weighted by atomic mass is 17.2. The number of ether oxygens (including phenoxy) is 2. The minimum absolute atomic E-state index is 0.209. The third-order valence-electron chi connectivity index (χ3n) is 2.44. The summed E-state index contributed by atoms with van der Waals surface area (Å²) in [6.07, 6.45) is 3.09. The molecule has 0 saturated carbocycles. The molecular formula is C14H26O6. The van der Waals surface area contributed by atoms with E-state index in [9.17, 15) is 9.59 Å². The van der Waals surface area contributed by atoms with Crippen LogP contribution in [0.1, 0.15) is 59.3 Å². The van der Waals surface area contributed by atoms with Gasteiger partial charge in [-0.2, -0.15) is 4.89 Å². The summed E-state index contributed by atoms with van der Waals surface area (Å²) in [4.78, 5) is 31.8. The van der Waals surface area contributed by atoms with Gasteiger partial charge in [-0.25, -0.2) is 4.79 Å². The highest BCUT2D eigenvalue weighted by Crippen LogP contribution is 2.04.